The lowest BCUT2D eigenvalue weighted by atomic mass is 9.79. The van der Waals surface area contributed by atoms with Gasteiger partial charge in [0.25, 0.3) is 0 Å². The van der Waals surface area contributed by atoms with E-state index in [-0.39, 0.29) is 0 Å². The lowest BCUT2D eigenvalue weighted by molar-refractivity contribution is 0.289. The molecule has 0 aliphatic heterocycles. The molecule has 0 N–H and O–H groups in total. The first-order chi connectivity index (χ1) is 11.3. The van der Waals surface area contributed by atoms with E-state index in [1.807, 2.05) is 12.1 Å². The SMILES string of the molecule is CCCCC[C@H]1CC[C@H](/C=C/CCc2ccc(C#N)cc2)CC1. The summed E-state index contributed by atoms with van der Waals surface area (Å²) in [5, 5.41) is 8.80. The normalized spacial score (nSPS) is 21.4. The molecule has 0 aromatic heterocycles. The number of aryl methyl sites for hydroxylation is 1. The lowest BCUT2D eigenvalue weighted by Gasteiger charge is -2.26. The highest BCUT2D eigenvalue weighted by molar-refractivity contribution is 5.31. The maximum Gasteiger partial charge on any atom is 0.0991 e. The third kappa shape index (κ3) is 6.61. The van der Waals surface area contributed by atoms with Crippen LogP contribution >= 0.6 is 0 Å². The van der Waals surface area contributed by atoms with Crippen molar-refractivity contribution in [2.75, 3.05) is 0 Å². The third-order valence-corrected chi connectivity index (χ3v) is 5.20. The van der Waals surface area contributed by atoms with Crippen molar-refractivity contribution < 1.29 is 0 Å². The highest BCUT2D eigenvalue weighted by atomic mass is 14.2. The minimum Gasteiger partial charge on any atom is -0.192 e. The molecule has 1 aliphatic rings. The first-order valence-electron chi connectivity index (χ1n) is 9.47. The molecule has 23 heavy (non-hydrogen) atoms. The van der Waals surface area contributed by atoms with E-state index < -0.39 is 0 Å². The Morgan fingerprint density at radius 1 is 1.09 bits per heavy atom. The maximum absolute atomic E-state index is 8.80. The molecule has 0 spiro atoms. The smallest absolute Gasteiger partial charge is 0.0991 e. The molecule has 1 aliphatic carbocycles. The van der Waals surface area contributed by atoms with E-state index in [0.717, 1.165) is 30.2 Å². The Kier molecular flexibility index (Phi) is 7.95. The van der Waals surface area contributed by atoms with E-state index in [9.17, 15) is 0 Å². The minimum atomic E-state index is 0.750. The van der Waals surface area contributed by atoms with Crippen molar-refractivity contribution in [3.8, 4) is 6.07 Å². The molecule has 1 aromatic rings. The molecule has 1 aromatic carbocycles. The monoisotopic (exact) mass is 309 g/mol. The Hall–Kier alpha value is -1.55. The summed E-state index contributed by atoms with van der Waals surface area (Å²) in [5.74, 6) is 1.82. The van der Waals surface area contributed by atoms with Crippen LogP contribution in [-0.2, 0) is 6.42 Å². The molecule has 0 heterocycles. The second-order valence-corrected chi connectivity index (χ2v) is 7.05. The molecule has 1 saturated carbocycles. The molecule has 0 atom stereocenters. The average Bonchev–Trinajstić information content (AvgIpc) is 2.61. The van der Waals surface area contributed by atoms with Crippen LogP contribution in [0.5, 0.6) is 0 Å². The zero-order chi connectivity index (χ0) is 16.3. The molecule has 0 bridgehead atoms. The molecular formula is C22H31N. The number of nitriles is 1. The van der Waals surface area contributed by atoms with Crippen LogP contribution < -0.4 is 0 Å². The summed E-state index contributed by atoms with van der Waals surface area (Å²) in [6.45, 7) is 2.29. The molecule has 124 valence electrons. The van der Waals surface area contributed by atoms with Gasteiger partial charge in [0.2, 0.25) is 0 Å². The van der Waals surface area contributed by atoms with Crippen molar-refractivity contribution in [1.29, 1.82) is 5.26 Å². The van der Waals surface area contributed by atoms with Crippen LogP contribution in [0.15, 0.2) is 36.4 Å². The lowest BCUT2D eigenvalue weighted by Crippen LogP contribution is -2.13. The number of rotatable bonds is 8. The van der Waals surface area contributed by atoms with Crippen molar-refractivity contribution in [3.63, 3.8) is 0 Å². The molecule has 0 amide bonds. The highest BCUT2D eigenvalue weighted by Crippen LogP contribution is 2.32. The molecule has 1 fully saturated rings. The molecule has 0 radical (unpaired) electrons. The van der Waals surface area contributed by atoms with Gasteiger partial charge >= 0.3 is 0 Å². The molecule has 1 heteroatoms. The van der Waals surface area contributed by atoms with Gasteiger partial charge in [-0.15, -0.1) is 0 Å². The van der Waals surface area contributed by atoms with Gasteiger partial charge in [0.05, 0.1) is 11.6 Å². The van der Waals surface area contributed by atoms with Gasteiger partial charge in [-0.1, -0.05) is 56.9 Å². The minimum absolute atomic E-state index is 0.750. The van der Waals surface area contributed by atoms with Gasteiger partial charge in [-0.2, -0.15) is 5.26 Å². The van der Waals surface area contributed by atoms with Gasteiger partial charge in [0.15, 0.2) is 0 Å². The van der Waals surface area contributed by atoms with E-state index in [4.69, 9.17) is 5.26 Å². The summed E-state index contributed by atoms with van der Waals surface area (Å²) >= 11 is 0. The second-order valence-electron chi connectivity index (χ2n) is 7.05. The fourth-order valence-electron chi connectivity index (χ4n) is 3.64. The van der Waals surface area contributed by atoms with Crippen molar-refractivity contribution >= 4 is 0 Å². The summed E-state index contributed by atoms with van der Waals surface area (Å²) in [6, 6.07) is 10.2. The van der Waals surface area contributed by atoms with Gasteiger partial charge in [-0.25, -0.2) is 0 Å². The van der Waals surface area contributed by atoms with Crippen LogP contribution in [0.1, 0.15) is 75.8 Å². The zero-order valence-corrected chi connectivity index (χ0v) is 14.6. The Balaban J connectivity index is 1.62. The number of allylic oxidation sites excluding steroid dienone is 2. The number of benzene rings is 1. The molecule has 1 nitrogen and oxygen atoms in total. The molecule has 2 rings (SSSR count). The predicted molar refractivity (Wildman–Crippen MR) is 98.2 cm³/mol. The topological polar surface area (TPSA) is 23.8 Å². The summed E-state index contributed by atoms with van der Waals surface area (Å²) in [7, 11) is 0. The van der Waals surface area contributed by atoms with E-state index in [0.29, 0.717) is 0 Å². The van der Waals surface area contributed by atoms with Crippen LogP contribution in [0.25, 0.3) is 0 Å². The summed E-state index contributed by atoms with van der Waals surface area (Å²) in [4.78, 5) is 0. The summed E-state index contributed by atoms with van der Waals surface area (Å²) in [5.41, 5.74) is 2.08. The number of hydrogen-bond donors (Lipinski definition) is 0. The molecular weight excluding hydrogens is 278 g/mol. The fourth-order valence-corrected chi connectivity index (χ4v) is 3.64. The van der Waals surface area contributed by atoms with Gasteiger partial charge in [0, 0.05) is 0 Å². The van der Waals surface area contributed by atoms with Gasteiger partial charge in [0.1, 0.15) is 0 Å². The average molecular weight is 309 g/mol. The van der Waals surface area contributed by atoms with Crippen LogP contribution in [-0.4, -0.2) is 0 Å². The maximum atomic E-state index is 8.80. The van der Waals surface area contributed by atoms with Crippen molar-refractivity contribution in [2.45, 2.75) is 71.1 Å². The first-order valence-corrected chi connectivity index (χ1v) is 9.47. The predicted octanol–water partition coefficient (Wildman–Crippen LogP) is 6.43. The van der Waals surface area contributed by atoms with Gasteiger partial charge in [-0.05, 0) is 68.1 Å². The highest BCUT2D eigenvalue weighted by Gasteiger charge is 2.18. The molecule has 0 unspecified atom stereocenters. The van der Waals surface area contributed by atoms with E-state index in [1.165, 1.54) is 56.9 Å². The third-order valence-electron chi connectivity index (χ3n) is 5.20. The Labute approximate surface area is 142 Å². The summed E-state index contributed by atoms with van der Waals surface area (Å²) < 4.78 is 0. The number of unbranched alkanes of at least 4 members (excludes halogenated alkanes) is 2. The fraction of sp³-hybridized carbons (Fsp3) is 0.591. The zero-order valence-electron chi connectivity index (χ0n) is 14.6. The first kappa shape index (κ1) is 17.8. The second kappa shape index (κ2) is 10.3. The van der Waals surface area contributed by atoms with Gasteiger partial charge in [-0.3, -0.25) is 0 Å². The Bertz CT molecular complexity index is 498. The van der Waals surface area contributed by atoms with E-state index in [2.05, 4.69) is 37.3 Å². The van der Waals surface area contributed by atoms with Crippen molar-refractivity contribution in [2.24, 2.45) is 11.8 Å². The Morgan fingerprint density at radius 2 is 1.83 bits per heavy atom. The number of nitrogens with zero attached hydrogens (tertiary/aromatic N) is 1. The Morgan fingerprint density at radius 3 is 2.48 bits per heavy atom. The van der Waals surface area contributed by atoms with E-state index >= 15 is 0 Å². The molecule has 0 saturated heterocycles. The van der Waals surface area contributed by atoms with Crippen LogP contribution in [0.3, 0.4) is 0 Å². The van der Waals surface area contributed by atoms with E-state index in [1.54, 1.807) is 0 Å². The summed E-state index contributed by atoms with van der Waals surface area (Å²) in [6.07, 6.45) is 18.3. The van der Waals surface area contributed by atoms with Crippen molar-refractivity contribution in [3.05, 3.63) is 47.5 Å². The van der Waals surface area contributed by atoms with Gasteiger partial charge < -0.3 is 0 Å². The van der Waals surface area contributed by atoms with Crippen molar-refractivity contribution in [1.82, 2.24) is 0 Å². The quantitative estimate of drug-likeness (QED) is 0.401. The van der Waals surface area contributed by atoms with Crippen LogP contribution in [0.2, 0.25) is 0 Å². The van der Waals surface area contributed by atoms with Crippen LogP contribution in [0, 0.1) is 23.2 Å². The van der Waals surface area contributed by atoms with Crippen LogP contribution in [0.4, 0.5) is 0 Å². The number of hydrogen-bond acceptors (Lipinski definition) is 1. The standard InChI is InChI=1S/C22H31N/c1-2-3-4-7-19-10-12-20(13-11-19)8-5-6-9-21-14-16-22(18-23)17-15-21/h5,8,14-17,19-20H,2-4,6-7,9-13H2,1H3/b8-5+/t19-,20-. The largest absolute Gasteiger partial charge is 0.192 e.